The van der Waals surface area contributed by atoms with Crippen LogP contribution in [-0.4, -0.2) is 23.1 Å². The second-order valence-electron chi connectivity index (χ2n) is 5.61. The van der Waals surface area contributed by atoms with Gasteiger partial charge in [0.2, 0.25) is 0 Å². The molecule has 1 aromatic heterocycles. The SMILES string of the molecule is CCCc1nc(NN)cc(N2CCCC(CC)CC2)n1. The van der Waals surface area contributed by atoms with Gasteiger partial charge in [0.15, 0.2) is 0 Å². The smallest absolute Gasteiger partial charge is 0.145 e. The molecule has 0 bridgehead atoms. The van der Waals surface area contributed by atoms with Crippen LogP contribution in [0, 0.1) is 5.92 Å². The van der Waals surface area contributed by atoms with Gasteiger partial charge in [-0.1, -0.05) is 20.3 Å². The molecule has 1 unspecified atom stereocenters. The molecule has 0 radical (unpaired) electrons. The van der Waals surface area contributed by atoms with E-state index in [1.165, 1.54) is 25.7 Å². The van der Waals surface area contributed by atoms with Crippen molar-refractivity contribution in [2.24, 2.45) is 11.8 Å². The predicted octanol–water partition coefficient (Wildman–Crippen LogP) is 2.73. The number of nitrogens with one attached hydrogen (secondary N) is 1. The first kappa shape index (κ1) is 15.0. The molecule has 1 aliphatic heterocycles. The van der Waals surface area contributed by atoms with Crippen LogP contribution in [0.5, 0.6) is 0 Å². The molecule has 0 aliphatic carbocycles. The normalized spacial score (nSPS) is 19.8. The zero-order chi connectivity index (χ0) is 14.4. The number of nitrogen functional groups attached to an aromatic ring is 1. The number of nitrogens with two attached hydrogens (primary N) is 1. The van der Waals surface area contributed by atoms with Crippen molar-refractivity contribution in [3.05, 3.63) is 11.9 Å². The van der Waals surface area contributed by atoms with Gasteiger partial charge >= 0.3 is 0 Å². The number of hydrazine groups is 1. The highest BCUT2D eigenvalue weighted by molar-refractivity contribution is 5.49. The van der Waals surface area contributed by atoms with Crippen LogP contribution in [-0.2, 0) is 6.42 Å². The zero-order valence-corrected chi connectivity index (χ0v) is 12.7. The summed E-state index contributed by atoms with van der Waals surface area (Å²) < 4.78 is 0. The first-order valence-corrected chi connectivity index (χ1v) is 7.86. The summed E-state index contributed by atoms with van der Waals surface area (Å²) in [6, 6.07) is 1.96. The van der Waals surface area contributed by atoms with Crippen LogP contribution >= 0.6 is 0 Å². The quantitative estimate of drug-likeness (QED) is 0.640. The fourth-order valence-corrected chi connectivity index (χ4v) is 2.86. The maximum absolute atomic E-state index is 5.53. The fraction of sp³-hybridized carbons (Fsp3) is 0.733. The van der Waals surface area contributed by atoms with E-state index in [2.05, 4.69) is 29.2 Å². The molecule has 112 valence electrons. The van der Waals surface area contributed by atoms with E-state index in [4.69, 9.17) is 10.8 Å². The molecular formula is C15H27N5. The topological polar surface area (TPSA) is 67.1 Å². The number of anilines is 2. The van der Waals surface area contributed by atoms with Crippen molar-refractivity contribution in [2.75, 3.05) is 23.4 Å². The molecule has 2 rings (SSSR count). The highest BCUT2D eigenvalue weighted by Gasteiger charge is 2.18. The van der Waals surface area contributed by atoms with Crippen molar-refractivity contribution in [2.45, 2.75) is 52.4 Å². The van der Waals surface area contributed by atoms with Gasteiger partial charge in [0, 0.05) is 25.6 Å². The molecule has 0 spiro atoms. The molecular weight excluding hydrogens is 250 g/mol. The average Bonchev–Trinajstić information content (AvgIpc) is 2.72. The highest BCUT2D eigenvalue weighted by Crippen LogP contribution is 2.24. The van der Waals surface area contributed by atoms with E-state index in [0.29, 0.717) is 0 Å². The molecule has 5 nitrogen and oxygen atoms in total. The predicted molar refractivity (Wildman–Crippen MR) is 83.7 cm³/mol. The third-order valence-electron chi connectivity index (χ3n) is 4.13. The molecule has 0 saturated carbocycles. The number of hydrogen-bond acceptors (Lipinski definition) is 5. The molecule has 1 fully saturated rings. The zero-order valence-electron chi connectivity index (χ0n) is 12.7. The van der Waals surface area contributed by atoms with Crippen LogP contribution in [0.25, 0.3) is 0 Å². The molecule has 20 heavy (non-hydrogen) atoms. The third-order valence-corrected chi connectivity index (χ3v) is 4.13. The summed E-state index contributed by atoms with van der Waals surface area (Å²) in [5.74, 6) is 9.02. The molecule has 2 heterocycles. The van der Waals surface area contributed by atoms with Crippen molar-refractivity contribution in [3.8, 4) is 0 Å². The molecule has 3 N–H and O–H groups in total. The Morgan fingerprint density at radius 2 is 2.15 bits per heavy atom. The Morgan fingerprint density at radius 1 is 1.30 bits per heavy atom. The lowest BCUT2D eigenvalue weighted by Crippen LogP contribution is -2.26. The maximum Gasteiger partial charge on any atom is 0.145 e. The average molecular weight is 277 g/mol. The highest BCUT2D eigenvalue weighted by atomic mass is 15.3. The Hall–Kier alpha value is -1.36. The number of aryl methyl sites for hydroxylation is 1. The number of aromatic nitrogens is 2. The molecule has 1 aliphatic rings. The fourth-order valence-electron chi connectivity index (χ4n) is 2.86. The van der Waals surface area contributed by atoms with Gasteiger partial charge in [-0.05, 0) is 31.6 Å². The summed E-state index contributed by atoms with van der Waals surface area (Å²) in [5, 5.41) is 0. The maximum atomic E-state index is 5.53. The van der Waals surface area contributed by atoms with E-state index in [0.717, 1.165) is 49.3 Å². The summed E-state index contributed by atoms with van der Waals surface area (Å²) >= 11 is 0. The van der Waals surface area contributed by atoms with Crippen molar-refractivity contribution in [1.29, 1.82) is 0 Å². The van der Waals surface area contributed by atoms with Crippen molar-refractivity contribution in [1.82, 2.24) is 9.97 Å². The minimum Gasteiger partial charge on any atom is -0.356 e. The number of rotatable bonds is 5. The minimum atomic E-state index is 0.717. The summed E-state index contributed by atoms with van der Waals surface area (Å²) in [6.45, 7) is 6.61. The lowest BCUT2D eigenvalue weighted by atomic mass is 9.98. The minimum absolute atomic E-state index is 0.717. The summed E-state index contributed by atoms with van der Waals surface area (Å²) in [5.41, 5.74) is 2.66. The first-order chi connectivity index (χ1) is 9.76. The van der Waals surface area contributed by atoms with Gasteiger partial charge in [-0.2, -0.15) is 0 Å². The van der Waals surface area contributed by atoms with E-state index in [9.17, 15) is 0 Å². The molecule has 1 atom stereocenters. The monoisotopic (exact) mass is 277 g/mol. The van der Waals surface area contributed by atoms with Gasteiger partial charge in [-0.15, -0.1) is 0 Å². The van der Waals surface area contributed by atoms with Gasteiger partial charge < -0.3 is 10.3 Å². The van der Waals surface area contributed by atoms with Gasteiger partial charge in [-0.3, -0.25) is 0 Å². The standard InChI is InChI=1S/C15H27N5/c1-3-6-13-17-14(19-16)11-15(18-13)20-9-5-7-12(4-2)8-10-20/h11-12H,3-10,16H2,1-2H3,(H,17,18,19). The second-order valence-corrected chi connectivity index (χ2v) is 5.61. The van der Waals surface area contributed by atoms with E-state index in [-0.39, 0.29) is 0 Å². The van der Waals surface area contributed by atoms with Gasteiger partial charge in [0.05, 0.1) is 0 Å². The number of nitrogens with zero attached hydrogens (tertiary/aromatic N) is 3. The van der Waals surface area contributed by atoms with Crippen molar-refractivity contribution >= 4 is 11.6 Å². The first-order valence-electron chi connectivity index (χ1n) is 7.86. The van der Waals surface area contributed by atoms with Crippen LogP contribution in [0.1, 0.15) is 51.8 Å². The lowest BCUT2D eigenvalue weighted by molar-refractivity contribution is 0.459. The third kappa shape index (κ3) is 3.82. The van der Waals surface area contributed by atoms with Crippen molar-refractivity contribution < 1.29 is 0 Å². The van der Waals surface area contributed by atoms with Gasteiger partial charge in [0.1, 0.15) is 17.5 Å². The van der Waals surface area contributed by atoms with Gasteiger partial charge in [-0.25, -0.2) is 15.8 Å². The molecule has 0 aromatic carbocycles. The molecule has 1 saturated heterocycles. The van der Waals surface area contributed by atoms with E-state index in [1.807, 2.05) is 6.07 Å². The van der Waals surface area contributed by atoms with E-state index < -0.39 is 0 Å². The second kappa shape index (κ2) is 7.43. The van der Waals surface area contributed by atoms with Gasteiger partial charge in [0.25, 0.3) is 0 Å². The largest absolute Gasteiger partial charge is 0.356 e. The Labute approximate surface area is 121 Å². The lowest BCUT2D eigenvalue weighted by Gasteiger charge is -2.22. The molecule has 1 aromatic rings. The summed E-state index contributed by atoms with van der Waals surface area (Å²) in [7, 11) is 0. The molecule has 0 amide bonds. The molecule has 5 heteroatoms. The van der Waals surface area contributed by atoms with Crippen LogP contribution < -0.4 is 16.2 Å². The summed E-state index contributed by atoms with van der Waals surface area (Å²) in [4.78, 5) is 11.5. The Kier molecular flexibility index (Phi) is 5.59. The van der Waals surface area contributed by atoms with E-state index >= 15 is 0 Å². The van der Waals surface area contributed by atoms with E-state index in [1.54, 1.807) is 0 Å². The Balaban J connectivity index is 2.15. The van der Waals surface area contributed by atoms with Crippen LogP contribution in [0.15, 0.2) is 6.07 Å². The van der Waals surface area contributed by atoms with Crippen LogP contribution in [0.4, 0.5) is 11.6 Å². The number of hydrogen-bond donors (Lipinski definition) is 2. The Morgan fingerprint density at radius 3 is 2.85 bits per heavy atom. The van der Waals surface area contributed by atoms with Crippen LogP contribution in [0.3, 0.4) is 0 Å². The Bertz CT molecular complexity index is 421. The van der Waals surface area contributed by atoms with Crippen molar-refractivity contribution in [3.63, 3.8) is 0 Å². The summed E-state index contributed by atoms with van der Waals surface area (Å²) in [6.07, 6.45) is 7.07. The van der Waals surface area contributed by atoms with Crippen LogP contribution in [0.2, 0.25) is 0 Å².